The molecule has 1 aromatic heterocycles. The quantitative estimate of drug-likeness (QED) is 0.796. The molecule has 0 saturated carbocycles. The van der Waals surface area contributed by atoms with Crippen molar-refractivity contribution >= 4 is 5.91 Å². The molecule has 1 aromatic carbocycles. The van der Waals surface area contributed by atoms with E-state index in [4.69, 9.17) is 0 Å². The summed E-state index contributed by atoms with van der Waals surface area (Å²) in [6.45, 7) is 1.75. The van der Waals surface area contributed by atoms with Gasteiger partial charge in [-0.15, -0.1) is 0 Å². The van der Waals surface area contributed by atoms with E-state index in [2.05, 4.69) is 15.6 Å². The highest BCUT2D eigenvalue weighted by Crippen LogP contribution is 2.17. The van der Waals surface area contributed by atoms with Gasteiger partial charge in [0.05, 0.1) is 0 Å². The van der Waals surface area contributed by atoms with E-state index in [1.807, 2.05) is 42.5 Å². The second-order valence-corrected chi connectivity index (χ2v) is 5.16. The number of hydrogen-bond acceptors (Lipinski definition) is 2. The third kappa shape index (κ3) is 2.91. The van der Waals surface area contributed by atoms with Crippen molar-refractivity contribution in [2.45, 2.75) is 18.9 Å². The van der Waals surface area contributed by atoms with Gasteiger partial charge in [-0.3, -0.25) is 4.79 Å². The van der Waals surface area contributed by atoms with E-state index in [1.165, 1.54) is 6.42 Å². The molecule has 3 N–H and O–H groups in total. The monoisotopic (exact) mass is 269 g/mol. The van der Waals surface area contributed by atoms with Crippen molar-refractivity contribution in [2.75, 3.05) is 13.1 Å². The number of carbonyl (C=O) groups excluding carboxylic acids is 1. The normalized spacial score (nSPS) is 18.1. The third-order valence-corrected chi connectivity index (χ3v) is 3.69. The largest absolute Gasteiger partial charge is 0.351 e. The van der Waals surface area contributed by atoms with Crippen molar-refractivity contribution in [1.29, 1.82) is 0 Å². The van der Waals surface area contributed by atoms with E-state index in [1.54, 1.807) is 0 Å². The van der Waals surface area contributed by atoms with Crippen LogP contribution in [0.3, 0.4) is 0 Å². The first-order valence-corrected chi connectivity index (χ1v) is 7.09. The Labute approximate surface area is 118 Å². The molecule has 0 aliphatic carbocycles. The summed E-state index contributed by atoms with van der Waals surface area (Å²) in [4.78, 5) is 15.2. The lowest BCUT2D eigenvalue weighted by atomic mass is 10.2. The highest BCUT2D eigenvalue weighted by molar-refractivity contribution is 5.93. The number of benzene rings is 1. The van der Waals surface area contributed by atoms with Crippen molar-refractivity contribution < 1.29 is 4.79 Å². The highest BCUT2D eigenvalue weighted by Gasteiger charge is 2.16. The molecule has 0 bridgehead atoms. The van der Waals surface area contributed by atoms with Crippen LogP contribution in [0.4, 0.5) is 0 Å². The molecule has 1 aliphatic rings. The van der Waals surface area contributed by atoms with E-state index >= 15 is 0 Å². The Morgan fingerprint density at radius 3 is 2.80 bits per heavy atom. The summed E-state index contributed by atoms with van der Waals surface area (Å²) in [6, 6.07) is 14.2. The lowest BCUT2D eigenvalue weighted by molar-refractivity contribution is 0.0946. The first kappa shape index (κ1) is 12.9. The standard InChI is InChI=1S/C16H19N3O/c20-16(18-11-13-7-4-10-17-13)15-9-8-14(19-15)12-5-2-1-3-6-12/h1-3,5-6,8-9,13,17,19H,4,7,10-11H2,(H,18,20). The molecule has 1 fully saturated rings. The molecule has 0 radical (unpaired) electrons. The van der Waals surface area contributed by atoms with Crippen LogP contribution in [0.5, 0.6) is 0 Å². The zero-order chi connectivity index (χ0) is 13.8. The van der Waals surface area contributed by atoms with Gasteiger partial charge in [0, 0.05) is 18.3 Å². The SMILES string of the molecule is O=C(NCC1CCCN1)c1ccc(-c2ccccc2)[nH]1. The second kappa shape index (κ2) is 5.92. The summed E-state index contributed by atoms with van der Waals surface area (Å²) in [5.74, 6) is -0.0409. The van der Waals surface area contributed by atoms with Crippen LogP contribution in [-0.2, 0) is 0 Å². The summed E-state index contributed by atoms with van der Waals surface area (Å²) < 4.78 is 0. The fraction of sp³-hybridized carbons (Fsp3) is 0.312. The molecule has 3 rings (SSSR count). The molecule has 1 amide bonds. The summed E-state index contributed by atoms with van der Waals surface area (Å²) in [5.41, 5.74) is 2.67. The fourth-order valence-electron chi connectivity index (χ4n) is 2.56. The Bertz CT molecular complexity index is 570. The molecular formula is C16H19N3O. The first-order valence-electron chi connectivity index (χ1n) is 7.09. The van der Waals surface area contributed by atoms with Crippen molar-refractivity contribution in [3.8, 4) is 11.3 Å². The van der Waals surface area contributed by atoms with Crippen molar-refractivity contribution in [1.82, 2.24) is 15.6 Å². The Hall–Kier alpha value is -2.07. The Kier molecular flexibility index (Phi) is 3.83. The summed E-state index contributed by atoms with van der Waals surface area (Å²) in [6.07, 6.45) is 2.33. The smallest absolute Gasteiger partial charge is 0.267 e. The van der Waals surface area contributed by atoms with Gasteiger partial charge in [-0.2, -0.15) is 0 Å². The van der Waals surface area contributed by atoms with Crippen LogP contribution in [0.25, 0.3) is 11.3 Å². The van der Waals surface area contributed by atoms with E-state index in [0.717, 1.165) is 24.2 Å². The molecule has 2 heterocycles. The van der Waals surface area contributed by atoms with Gasteiger partial charge in [0.15, 0.2) is 0 Å². The van der Waals surface area contributed by atoms with Crippen LogP contribution in [0.1, 0.15) is 23.3 Å². The lowest BCUT2D eigenvalue weighted by Crippen LogP contribution is -2.37. The van der Waals surface area contributed by atoms with Gasteiger partial charge < -0.3 is 15.6 Å². The minimum absolute atomic E-state index is 0.0409. The Morgan fingerprint density at radius 1 is 1.20 bits per heavy atom. The molecule has 1 atom stereocenters. The maximum absolute atomic E-state index is 12.1. The van der Waals surface area contributed by atoms with Crippen molar-refractivity contribution in [2.24, 2.45) is 0 Å². The minimum atomic E-state index is -0.0409. The molecule has 4 heteroatoms. The molecule has 4 nitrogen and oxygen atoms in total. The molecule has 20 heavy (non-hydrogen) atoms. The number of hydrogen-bond donors (Lipinski definition) is 3. The molecule has 1 unspecified atom stereocenters. The van der Waals surface area contributed by atoms with Gasteiger partial charge in [0.2, 0.25) is 0 Å². The van der Waals surface area contributed by atoms with Gasteiger partial charge in [0.1, 0.15) is 5.69 Å². The average Bonchev–Trinajstić information content (AvgIpc) is 3.17. The number of H-pyrrole nitrogens is 1. The van der Waals surface area contributed by atoms with Crippen LogP contribution in [0, 0.1) is 0 Å². The van der Waals surface area contributed by atoms with E-state index in [0.29, 0.717) is 18.3 Å². The number of aromatic nitrogens is 1. The van der Waals surface area contributed by atoms with Gasteiger partial charge >= 0.3 is 0 Å². The summed E-state index contributed by atoms with van der Waals surface area (Å²) in [7, 11) is 0. The molecule has 1 aliphatic heterocycles. The first-order chi connectivity index (χ1) is 9.83. The number of amides is 1. The maximum Gasteiger partial charge on any atom is 0.267 e. The van der Waals surface area contributed by atoms with Crippen LogP contribution in [0.15, 0.2) is 42.5 Å². The zero-order valence-corrected chi connectivity index (χ0v) is 11.4. The highest BCUT2D eigenvalue weighted by atomic mass is 16.1. The number of nitrogens with one attached hydrogen (secondary N) is 3. The molecule has 1 saturated heterocycles. The third-order valence-electron chi connectivity index (χ3n) is 3.69. The van der Waals surface area contributed by atoms with Crippen molar-refractivity contribution in [3.63, 3.8) is 0 Å². The topological polar surface area (TPSA) is 56.9 Å². The molecule has 104 valence electrons. The second-order valence-electron chi connectivity index (χ2n) is 5.16. The predicted molar refractivity (Wildman–Crippen MR) is 79.6 cm³/mol. The fourth-order valence-corrected chi connectivity index (χ4v) is 2.56. The molecular weight excluding hydrogens is 250 g/mol. The van der Waals surface area contributed by atoms with Crippen molar-refractivity contribution in [3.05, 3.63) is 48.2 Å². The van der Waals surface area contributed by atoms with Crippen LogP contribution >= 0.6 is 0 Å². The van der Waals surface area contributed by atoms with Gasteiger partial charge in [0.25, 0.3) is 5.91 Å². The summed E-state index contributed by atoms with van der Waals surface area (Å²) >= 11 is 0. The zero-order valence-electron chi connectivity index (χ0n) is 11.4. The molecule has 2 aromatic rings. The molecule has 0 spiro atoms. The lowest BCUT2D eigenvalue weighted by Gasteiger charge is -2.10. The van der Waals surface area contributed by atoms with Gasteiger partial charge in [-0.25, -0.2) is 0 Å². The van der Waals surface area contributed by atoms with Crippen LogP contribution < -0.4 is 10.6 Å². The predicted octanol–water partition coefficient (Wildman–Crippen LogP) is 2.16. The van der Waals surface area contributed by atoms with Crippen LogP contribution in [-0.4, -0.2) is 30.0 Å². The van der Waals surface area contributed by atoms with E-state index < -0.39 is 0 Å². The Balaban J connectivity index is 1.62. The van der Waals surface area contributed by atoms with Gasteiger partial charge in [-0.05, 0) is 37.1 Å². The number of aromatic amines is 1. The van der Waals surface area contributed by atoms with Gasteiger partial charge in [-0.1, -0.05) is 30.3 Å². The number of rotatable bonds is 4. The van der Waals surface area contributed by atoms with E-state index in [9.17, 15) is 4.79 Å². The van der Waals surface area contributed by atoms with Crippen LogP contribution in [0.2, 0.25) is 0 Å². The number of carbonyl (C=O) groups is 1. The maximum atomic E-state index is 12.1. The average molecular weight is 269 g/mol. The Morgan fingerprint density at radius 2 is 2.05 bits per heavy atom. The van der Waals surface area contributed by atoms with E-state index in [-0.39, 0.29) is 5.91 Å². The summed E-state index contributed by atoms with van der Waals surface area (Å²) in [5, 5.41) is 6.34. The minimum Gasteiger partial charge on any atom is -0.351 e.